The third-order valence-electron chi connectivity index (χ3n) is 2.35. The van der Waals surface area contributed by atoms with Crippen molar-refractivity contribution < 1.29 is 0 Å². The molecule has 2 N–H and O–H groups in total. The molecule has 0 aliphatic heterocycles. The maximum absolute atomic E-state index is 6.01. The fourth-order valence-corrected chi connectivity index (χ4v) is 1.61. The van der Waals surface area contributed by atoms with E-state index >= 15 is 0 Å². The van der Waals surface area contributed by atoms with E-state index in [1.165, 1.54) is 0 Å². The first-order valence-corrected chi connectivity index (χ1v) is 5.55. The lowest BCUT2D eigenvalue weighted by Crippen LogP contribution is -2.37. The molecule has 7 heteroatoms. The van der Waals surface area contributed by atoms with Crippen LogP contribution in [0.25, 0.3) is 11.3 Å². The molecule has 2 aromatic rings. The van der Waals surface area contributed by atoms with E-state index < -0.39 is 0 Å². The number of nitrogens with two attached hydrogens (primary N) is 1. The molecule has 2 heterocycles. The van der Waals surface area contributed by atoms with Gasteiger partial charge in [0.2, 0.25) is 0 Å². The van der Waals surface area contributed by atoms with Crippen molar-refractivity contribution in [2.75, 3.05) is 0 Å². The minimum absolute atomic E-state index is 0. The monoisotopic (exact) mass is 303 g/mol. The molecule has 2 aromatic heterocycles. The van der Waals surface area contributed by atoms with Crippen LogP contribution in [0.5, 0.6) is 0 Å². The van der Waals surface area contributed by atoms with Gasteiger partial charge >= 0.3 is 0 Å². The van der Waals surface area contributed by atoms with Crippen LogP contribution in [0.2, 0.25) is 0 Å². The number of hydrogen-bond donors (Lipinski definition) is 1. The average Bonchev–Trinajstić information content (AvgIpc) is 2.64. The van der Waals surface area contributed by atoms with Crippen molar-refractivity contribution in [3.05, 3.63) is 30.5 Å². The Hall–Kier alpha value is -1.17. The van der Waals surface area contributed by atoms with Crippen LogP contribution < -0.4 is 5.73 Å². The Labute approximate surface area is 125 Å². The first-order valence-electron chi connectivity index (χ1n) is 5.55. The Balaban J connectivity index is 0.00000162. The standard InChI is InChI=1S/C12H17N5.2ClH/c1-9-14-6-10(7-15-9)11-4-5-16-17(11)8-12(2,3)13;;/h4-7H,8,13H2,1-3H3;2*1H. The van der Waals surface area contributed by atoms with E-state index in [4.69, 9.17) is 5.73 Å². The predicted molar refractivity (Wildman–Crippen MR) is 80.8 cm³/mol. The summed E-state index contributed by atoms with van der Waals surface area (Å²) in [6.45, 7) is 6.47. The van der Waals surface area contributed by atoms with E-state index in [0.717, 1.165) is 17.1 Å². The second kappa shape index (κ2) is 6.84. The van der Waals surface area contributed by atoms with Gasteiger partial charge in [-0.2, -0.15) is 5.10 Å². The fraction of sp³-hybridized carbons (Fsp3) is 0.417. The van der Waals surface area contributed by atoms with Crippen LogP contribution in [0, 0.1) is 6.92 Å². The van der Waals surface area contributed by atoms with Gasteiger partial charge in [-0.1, -0.05) is 0 Å². The van der Waals surface area contributed by atoms with Crippen molar-refractivity contribution in [2.24, 2.45) is 5.73 Å². The molecular weight excluding hydrogens is 285 g/mol. The first-order chi connectivity index (χ1) is 7.96. The molecule has 2 rings (SSSR count). The third kappa shape index (κ3) is 4.78. The zero-order valence-electron chi connectivity index (χ0n) is 11.2. The molecule has 0 radical (unpaired) electrons. The number of hydrogen-bond acceptors (Lipinski definition) is 4. The lowest BCUT2D eigenvalue weighted by Gasteiger charge is -2.19. The summed E-state index contributed by atoms with van der Waals surface area (Å²) in [6, 6.07) is 1.94. The van der Waals surface area contributed by atoms with Gasteiger partial charge < -0.3 is 5.73 Å². The summed E-state index contributed by atoms with van der Waals surface area (Å²) in [5, 5.41) is 4.28. The summed E-state index contributed by atoms with van der Waals surface area (Å²) < 4.78 is 1.88. The number of rotatable bonds is 3. The smallest absolute Gasteiger partial charge is 0.125 e. The quantitative estimate of drug-likeness (QED) is 0.944. The highest BCUT2D eigenvalue weighted by Crippen LogP contribution is 2.18. The average molecular weight is 304 g/mol. The van der Waals surface area contributed by atoms with Crippen molar-refractivity contribution >= 4 is 24.8 Å². The Morgan fingerprint density at radius 1 is 1.21 bits per heavy atom. The SMILES string of the molecule is Cc1ncc(-c2ccnn2CC(C)(C)N)cn1.Cl.Cl. The lowest BCUT2D eigenvalue weighted by molar-refractivity contribution is 0.411. The summed E-state index contributed by atoms with van der Waals surface area (Å²) in [5.41, 5.74) is 7.65. The van der Waals surface area contributed by atoms with Crippen LogP contribution in [0.3, 0.4) is 0 Å². The fourth-order valence-electron chi connectivity index (χ4n) is 1.61. The van der Waals surface area contributed by atoms with Gasteiger partial charge in [-0.3, -0.25) is 4.68 Å². The molecule has 19 heavy (non-hydrogen) atoms. The van der Waals surface area contributed by atoms with E-state index in [-0.39, 0.29) is 30.4 Å². The molecule has 5 nitrogen and oxygen atoms in total. The molecule has 106 valence electrons. The minimum Gasteiger partial charge on any atom is -0.324 e. The predicted octanol–water partition coefficient (Wildman–Crippen LogP) is 2.23. The molecule has 0 aromatic carbocycles. The van der Waals surface area contributed by atoms with Gasteiger partial charge in [-0.15, -0.1) is 24.8 Å². The van der Waals surface area contributed by atoms with Crippen molar-refractivity contribution in [2.45, 2.75) is 32.9 Å². The van der Waals surface area contributed by atoms with Gasteiger partial charge in [0.05, 0.1) is 12.2 Å². The topological polar surface area (TPSA) is 69.6 Å². The molecule has 0 bridgehead atoms. The molecule has 0 amide bonds. The molecule has 0 aliphatic carbocycles. The van der Waals surface area contributed by atoms with Crippen LogP contribution in [-0.2, 0) is 6.54 Å². The van der Waals surface area contributed by atoms with E-state index in [9.17, 15) is 0 Å². The van der Waals surface area contributed by atoms with E-state index in [1.807, 2.05) is 31.5 Å². The summed E-state index contributed by atoms with van der Waals surface area (Å²) in [5.74, 6) is 0.763. The third-order valence-corrected chi connectivity index (χ3v) is 2.35. The minimum atomic E-state index is -0.299. The van der Waals surface area contributed by atoms with Crippen LogP contribution in [-0.4, -0.2) is 25.3 Å². The Bertz CT molecular complexity index is 502. The summed E-state index contributed by atoms with van der Waals surface area (Å²) >= 11 is 0. The molecule has 0 atom stereocenters. The number of nitrogens with zero attached hydrogens (tertiary/aromatic N) is 4. The zero-order chi connectivity index (χ0) is 12.5. The molecule has 0 unspecified atom stereocenters. The van der Waals surface area contributed by atoms with Crippen LogP contribution >= 0.6 is 24.8 Å². The summed E-state index contributed by atoms with van der Waals surface area (Å²) in [4.78, 5) is 8.38. The molecule has 0 spiro atoms. The Kier molecular flexibility index (Phi) is 6.42. The largest absolute Gasteiger partial charge is 0.324 e. The van der Waals surface area contributed by atoms with E-state index in [0.29, 0.717) is 6.54 Å². The maximum Gasteiger partial charge on any atom is 0.125 e. The van der Waals surface area contributed by atoms with Gasteiger partial charge in [-0.25, -0.2) is 9.97 Å². The van der Waals surface area contributed by atoms with Crippen LogP contribution in [0.15, 0.2) is 24.7 Å². The van der Waals surface area contributed by atoms with Crippen LogP contribution in [0.4, 0.5) is 0 Å². The second-order valence-corrected chi connectivity index (χ2v) is 4.88. The molecule has 0 saturated heterocycles. The van der Waals surface area contributed by atoms with Crippen LogP contribution in [0.1, 0.15) is 19.7 Å². The van der Waals surface area contributed by atoms with Crippen molar-refractivity contribution in [1.29, 1.82) is 0 Å². The van der Waals surface area contributed by atoms with E-state index in [1.54, 1.807) is 18.6 Å². The van der Waals surface area contributed by atoms with Gasteiger partial charge in [0, 0.05) is 29.7 Å². The maximum atomic E-state index is 6.01. The highest BCUT2D eigenvalue weighted by Gasteiger charge is 2.15. The van der Waals surface area contributed by atoms with E-state index in [2.05, 4.69) is 15.1 Å². The molecule has 0 fully saturated rings. The highest BCUT2D eigenvalue weighted by atomic mass is 35.5. The summed E-state index contributed by atoms with van der Waals surface area (Å²) in [6.07, 6.45) is 5.37. The normalized spacial score (nSPS) is 10.5. The van der Waals surface area contributed by atoms with Crippen molar-refractivity contribution in [3.63, 3.8) is 0 Å². The molecule has 0 saturated carbocycles. The van der Waals surface area contributed by atoms with Crippen molar-refractivity contribution in [1.82, 2.24) is 19.7 Å². The molecular formula is C12H19Cl2N5. The number of aryl methyl sites for hydroxylation is 1. The van der Waals surface area contributed by atoms with Gasteiger partial charge in [0.15, 0.2) is 0 Å². The van der Waals surface area contributed by atoms with Crippen molar-refractivity contribution in [3.8, 4) is 11.3 Å². The summed E-state index contributed by atoms with van der Waals surface area (Å²) in [7, 11) is 0. The highest BCUT2D eigenvalue weighted by molar-refractivity contribution is 5.85. The zero-order valence-corrected chi connectivity index (χ0v) is 12.8. The second-order valence-electron chi connectivity index (χ2n) is 4.88. The van der Waals surface area contributed by atoms with Gasteiger partial charge in [-0.05, 0) is 26.8 Å². The Morgan fingerprint density at radius 2 is 1.79 bits per heavy atom. The molecule has 0 aliphatic rings. The first kappa shape index (κ1) is 17.8. The van der Waals surface area contributed by atoms with Gasteiger partial charge in [0.1, 0.15) is 5.82 Å². The number of aromatic nitrogens is 4. The lowest BCUT2D eigenvalue weighted by atomic mass is 10.1. The Morgan fingerprint density at radius 3 is 2.32 bits per heavy atom. The number of halogens is 2. The van der Waals surface area contributed by atoms with Gasteiger partial charge in [0.25, 0.3) is 0 Å².